The van der Waals surface area contributed by atoms with Crippen LogP contribution in [-0.2, 0) is 0 Å². The smallest absolute Gasteiger partial charge is 0.128 e. The van der Waals surface area contributed by atoms with Crippen LogP contribution in [0.5, 0.6) is 5.75 Å². The summed E-state index contributed by atoms with van der Waals surface area (Å²) in [5.74, 6) is -0.0365. The third-order valence-corrected chi connectivity index (χ3v) is 4.10. The summed E-state index contributed by atoms with van der Waals surface area (Å²) in [7, 11) is 0. The number of halogens is 3. The fourth-order valence-corrected chi connectivity index (χ4v) is 2.64. The average molecular weight is 313 g/mol. The number of aliphatic hydroxyl groups is 1. The van der Waals surface area contributed by atoms with E-state index in [2.05, 4.69) is 0 Å². The van der Waals surface area contributed by atoms with Gasteiger partial charge in [-0.15, -0.1) is 0 Å². The first-order chi connectivity index (χ1) is 9.54. The van der Waals surface area contributed by atoms with Gasteiger partial charge in [-0.1, -0.05) is 29.3 Å². The Hall–Kier alpha value is -1.29. The molecule has 104 valence electrons. The number of fused-ring (bicyclic) bond motifs is 1. The van der Waals surface area contributed by atoms with E-state index in [1.165, 1.54) is 12.1 Å². The molecule has 0 bridgehead atoms. The molecule has 1 N–H and O–H groups in total. The van der Waals surface area contributed by atoms with E-state index in [0.29, 0.717) is 27.8 Å². The first kappa shape index (κ1) is 13.7. The van der Waals surface area contributed by atoms with Crippen LogP contribution in [0.2, 0.25) is 10.0 Å². The molecule has 2 unspecified atom stereocenters. The Morgan fingerprint density at radius 2 is 1.90 bits per heavy atom. The Morgan fingerprint density at radius 3 is 2.65 bits per heavy atom. The second-order valence-electron chi connectivity index (χ2n) is 4.71. The average Bonchev–Trinajstić information content (AvgIpc) is 2.41. The van der Waals surface area contributed by atoms with Gasteiger partial charge in [-0.25, -0.2) is 4.39 Å². The number of hydrogen-bond donors (Lipinski definition) is 1. The standard InChI is InChI=1S/C15H11Cl2FO2/c16-11-4-1-8(5-12(11)17)14-7-13(19)10-3-2-9(18)6-15(10)20-14/h1-6,13-14,19H,7H2. The first-order valence-corrected chi connectivity index (χ1v) is 6.89. The highest BCUT2D eigenvalue weighted by Gasteiger charge is 2.28. The molecule has 3 rings (SSSR count). The molecule has 0 aromatic heterocycles. The Labute approximate surface area is 125 Å². The van der Waals surface area contributed by atoms with Gasteiger partial charge in [0.25, 0.3) is 0 Å². The molecule has 1 heterocycles. The Balaban J connectivity index is 1.96. The summed E-state index contributed by atoms with van der Waals surface area (Å²) in [5, 5.41) is 11.0. The van der Waals surface area contributed by atoms with Crippen molar-refractivity contribution in [3.63, 3.8) is 0 Å². The molecule has 0 radical (unpaired) electrons. The highest BCUT2D eigenvalue weighted by molar-refractivity contribution is 6.42. The number of ether oxygens (including phenoxy) is 1. The second-order valence-corrected chi connectivity index (χ2v) is 5.53. The molecule has 5 heteroatoms. The molecule has 2 aromatic rings. The molecular weight excluding hydrogens is 302 g/mol. The van der Waals surface area contributed by atoms with Crippen molar-refractivity contribution in [1.29, 1.82) is 0 Å². The highest BCUT2D eigenvalue weighted by Crippen LogP contribution is 2.41. The van der Waals surface area contributed by atoms with Gasteiger partial charge in [0.05, 0.1) is 16.1 Å². The maximum absolute atomic E-state index is 13.3. The molecule has 2 nitrogen and oxygen atoms in total. The zero-order valence-corrected chi connectivity index (χ0v) is 11.8. The Morgan fingerprint density at radius 1 is 1.10 bits per heavy atom. The van der Waals surface area contributed by atoms with Gasteiger partial charge in [0.2, 0.25) is 0 Å². The normalized spacial score (nSPS) is 21.2. The largest absolute Gasteiger partial charge is 0.485 e. The van der Waals surface area contributed by atoms with Crippen LogP contribution in [0.4, 0.5) is 4.39 Å². The van der Waals surface area contributed by atoms with Gasteiger partial charge in [-0.3, -0.25) is 0 Å². The lowest BCUT2D eigenvalue weighted by molar-refractivity contribution is 0.0654. The third kappa shape index (κ3) is 2.49. The van der Waals surface area contributed by atoms with Gasteiger partial charge >= 0.3 is 0 Å². The molecule has 1 aliphatic heterocycles. The molecular formula is C15H11Cl2FO2. The first-order valence-electron chi connectivity index (χ1n) is 6.13. The Bertz CT molecular complexity index is 660. The summed E-state index contributed by atoms with van der Waals surface area (Å²) < 4.78 is 19.0. The van der Waals surface area contributed by atoms with E-state index in [4.69, 9.17) is 27.9 Å². The van der Waals surface area contributed by atoms with Crippen molar-refractivity contribution in [3.05, 3.63) is 63.4 Å². The van der Waals surface area contributed by atoms with E-state index in [9.17, 15) is 9.50 Å². The maximum atomic E-state index is 13.3. The van der Waals surface area contributed by atoms with Crippen molar-refractivity contribution in [2.24, 2.45) is 0 Å². The topological polar surface area (TPSA) is 29.5 Å². The van der Waals surface area contributed by atoms with Gasteiger partial charge < -0.3 is 9.84 Å². The van der Waals surface area contributed by atoms with Gasteiger partial charge in [0.15, 0.2) is 0 Å². The summed E-state index contributed by atoms with van der Waals surface area (Å²) in [6.45, 7) is 0. The summed E-state index contributed by atoms with van der Waals surface area (Å²) >= 11 is 11.9. The van der Waals surface area contributed by atoms with Gasteiger partial charge in [-0.05, 0) is 29.8 Å². The van der Waals surface area contributed by atoms with Crippen LogP contribution in [0.15, 0.2) is 36.4 Å². The summed E-state index contributed by atoms with van der Waals surface area (Å²) in [4.78, 5) is 0. The summed E-state index contributed by atoms with van der Waals surface area (Å²) in [5.41, 5.74) is 1.40. The van der Waals surface area contributed by atoms with E-state index in [0.717, 1.165) is 5.56 Å². The SMILES string of the molecule is OC1CC(c2ccc(Cl)c(Cl)c2)Oc2cc(F)ccc21. The summed E-state index contributed by atoms with van der Waals surface area (Å²) in [6, 6.07) is 9.30. The Kier molecular flexibility index (Phi) is 3.59. The number of rotatable bonds is 1. The predicted molar refractivity (Wildman–Crippen MR) is 75.8 cm³/mol. The lowest BCUT2D eigenvalue weighted by Crippen LogP contribution is -2.19. The molecule has 0 spiro atoms. The fourth-order valence-electron chi connectivity index (χ4n) is 2.33. The lowest BCUT2D eigenvalue weighted by Gasteiger charge is -2.30. The molecule has 2 aromatic carbocycles. The fraction of sp³-hybridized carbons (Fsp3) is 0.200. The van der Waals surface area contributed by atoms with E-state index in [1.807, 2.05) is 0 Å². The van der Waals surface area contributed by atoms with Gasteiger partial charge in [0, 0.05) is 18.1 Å². The number of aliphatic hydroxyl groups excluding tert-OH is 1. The molecule has 0 saturated heterocycles. The number of benzene rings is 2. The number of hydrogen-bond acceptors (Lipinski definition) is 2. The van der Waals surface area contributed by atoms with Crippen LogP contribution in [0.3, 0.4) is 0 Å². The molecule has 20 heavy (non-hydrogen) atoms. The van der Waals surface area contributed by atoms with Crippen LogP contribution in [0.25, 0.3) is 0 Å². The minimum absolute atomic E-state index is 0.361. The molecule has 0 saturated carbocycles. The van der Waals surface area contributed by atoms with E-state index >= 15 is 0 Å². The van der Waals surface area contributed by atoms with Crippen LogP contribution < -0.4 is 4.74 Å². The molecule has 0 aliphatic carbocycles. The van der Waals surface area contributed by atoms with Crippen molar-refractivity contribution in [3.8, 4) is 5.75 Å². The van der Waals surface area contributed by atoms with E-state index in [-0.39, 0.29) is 6.10 Å². The zero-order chi connectivity index (χ0) is 14.3. The summed E-state index contributed by atoms with van der Waals surface area (Å²) in [6.07, 6.45) is -0.691. The van der Waals surface area contributed by atoms with Crippen molar-refractivity contribution in [2.45, 2.75) is 18.6 Å². The lowest BCUT2D eigenvalue weighted by atomic mass is 9.95. The minimum atomic E-state index is -0.696. The van der Waals surface area contributed by atoms with Gasteiger partial charge in [0.1, 0.15) is 17.7 Å². The van der Waals surface area contributed by atoms with Gasteiger partial charge in [-0.2, -0.15) is 0 Å². The highest BCUT2D eigenvalue weighted by atomic mass is 35.5. The maximum Gasteiger partial charge on any atom is 0.128 e. The second kappa shape index (κ2) is 5.24. The van der Waals surface area contributed by atoms with Crippen LogP contribution >= 0.6 is 23.2 Å². The van der Waals surface area contributed by atoms with Crippen LogP contribution in [0.1, 0.15) is 29.8 Å². The van der Waals surface area contributed by atoms with Crippen LogP contribution in [0, 0.1) is 5.82 Å². The van der Waals surface area contributed by atoms with Crippen molar-refractivity contribution >= 4 is 23.2 Å². The van der Waals surface area contributed by atoms with E-state index < -0.39 is 11.9 Å². The molecule has 0 fully saturated rings. The van der Waals surface area contributed by atoms with Crippen LogP contribution in [-0.4, -0.2) is 5.11 Å². The quantitative estimate of drug-likeness (QED) is 0.827. The van der Waals surface area contributed by atoms with Crippen molar-refractivity contribution in [2.75, 3.05) is 0 Å². The van der Waals surface area contributed by atoms with Crippen molar-refractivity contribution < 1.29 is 14.2 Å². The monoisotopic (exact) mass is 312 g/mol. The van der Waals surface area contributed by atoms with Crippen molar-refractivity contribution in [1.82, 2.24) is 0 Å². The molecule has 1 aliphatic rings. The minimum Gasteiger partial charge on any atom is -0.485 e. The zero-order valence-electron chi connectivity index (χ0n) is 10.3. The van der Waals surface area contributed by atoms with E-state index in [1.54, 1.807) is 24.3 Å². The predicted octanol–water partition coefficient (Wildman–Crippen LogP) is 4.69. The molecule has 0 amide bonds. The third-order valence-electron chi connectivity index (χ3n) is 3.36. The molecule has 2 atom stereocenters.